The summed E-state index contributed by atoms with van der Waals surface area (Å²) in [6.07, 6.45) is 5.83. The molecule has 1 aliphatic heterocycles. The van der Waals surface area contributed by atoms with Crippen molar-refractivity contribution in [1.82, 2.24) is 24.4 Å². The third kappa shape index (κ3) is 3.89. The minimum atomic E-state index is -0.189. The highest BCUT2D eigenvalue weighted by Crippen LogP contribution is 2.55. The number of aryl methyl sites for hydroxylation is 1. The highest BCUT2D eigenvalue weighted by atomic mass is 32.1. The molecule has 0 radical (unpaired) electrons. The van der Waals surface area contributed by atoms with E-state index in [1.165, 1.54) is 23.7 Å². The number of para-hydroxylation sites is 2. The summed E-state index contributed by atoms with van der Waals surface area (Å²) in [5, 5.41) is 3.07. The lowest BCUT2D eigenvalue weighted by Gasteiger charge is -2.46. The monoisotopic (exact) mass is 498 g/mol. The summed E-state index contributed by atoms with van der Waals surface area (Å²) >= 11 is 1.40. The van der Waals surface area contributed by atoms with Gasteiger partial charge in [0, 0.05) is 24.8 Å². The molecule has 1 spiro atoms. The fourth-order valence-corrected chi connectivity index (χ4v) is 6.43. The van der Waals surface area contributed by atoms with Gasteiger partial charge in [0.1, 0.15) is 6.33 Å². The minimum Gasteiger partial charge on any atom is -0.339 e. The molecule has 0 atom stereocenters. The van der Waals surface area contributed by atoms with Crippen molar-refractivity contribution in [3.8, 4) is 10.6 Å². The van der Waals surface area contributed by atoms with Crippen molar-refractivity contribution in [2.75, 3.05) is 18.4 Å². The Balaban J connectivity index is 1.24. The zero-order valence-electron chi connectivity index (χ0n) is 20.0. The van der Waals surface area contributed by atoms with Crippen LogP contribution in [0.3, 0.4) is 0 Å². The number of carbonyl (C=O) groups is 2. The van der Waals surface area contributed by atoms with E-state index in [1.807, 2.05) is 54.3 Å². The average Bonchev–Trinajstić information content (AvgIpc) is 3.59. The predicted molar refractivity (Wildman–Crippen MR) is 140 cm³/mol. The maximum absolute atomic E-state index is 13.2. The summed E-state index contributed by atoms with van der Waals surface area (Å²) < 4.78 is 2.17. The first-order chi connectivity index (χ1) is 17.4. The third-order valence-corrected chi connectivity index (χ3v) is 8.44. The fourth-order valence-electron chi connectivity index (χ4n) is 5.56. The van der Waals surface area contributed by atoms with Crippen molar-refractivity contribution in [1.29, 1.82) is 0 Å². The van der Waals surface area contributed by atoms with Gasteiger partial charge in [-0.15, -0.1) is 11.3 Å². The van der Waals surface area contributed by atoms with Crippen molar-refractivity contribution in [3.63, 3.8) is 0 Å². The molecule has 1 aromatic carbocycles. The lowest BCUT2D eigenvalue weighted by Crippen LogP contribution is -2.42. The fraction of sp³-hybridized carbons (Fsp3) is 0.296. The second kappa shape index (κ2) is 8.67. The first-order valence-electron chi connectivity index (χ1n) is 12.0. The summed E-state index contributed by atoms with van der Waals surface area (Å²) in [5.74, 6) is 0.376. The van der Waals surface area contributed by atoms with E-state index in [1.54, 1.807) is 0 Å². The van der Waals surface area contributed by atoms with Crippen LogP contribution in [0.5, 0.6) is 0 Å². The number of imidazole rings is 1. The normalized spacial score (nSPS) is 21.0. The number of likely N-dealkylation sites (tertiary alicyclic amines) is 1. The van der Waals surface area contributed by atoms with Gasteiger partial charge in [0.15, 0.2) is 0 Å². The Morgan fingerprint density at radius 2 is 2.03 bits per heavy atom. The lowest BCUT2D eigenvalue weighted by atomic mass is 9.65. The second-order valence-corrected chi connectivity index (χ2v) is 10.8. The number of nitrogens with zero attached hydrogens (tertiary/aromatic N) is 5. The van der Waals surface area contributed by atoms with E-state index in [0.717, 1.165) is 59.7 Å². The van der Waals surface area contributed by atoms with Crippen LogP contribution in [-0.4, -0.2) is 49.3 Å². The molecule has 1 saturated heterocycles. The maximum atomic E-state index is 13.2. The van der Waals surface area contributed by atoms with E-state index >= 15 is 0 Å². The van der Waals surface area contributed by atoms with Crippen molar-refractivity contribution in [3.05, 3.63) is 72.0 Å². The molecule has 3 aromatic heterocycles. The van der Waals surface area contributed by atoms with Gasteiger partial charge in [-0.25, -0.2) is 15.0 Å². The standard InChI is InChI=1S/C27H26N6O2S/c1-3-24(34)32-11-10-27(15-32)13-18(14-27)33-21-7-5-4-6-19(21)30-26(33)31-25(35)23-9-8-22(36-23)20-12-17(2)28-16-29-20/h3-9,12,16,18H,1,10-11,13-15H2,2H3,(H,30,31,35). The van der Waals surface area contributed by atoms with Gasteiger partial charge in [-0.3, -0.25) is 14.9 Å². The zero-order chi connectivity index (χ0) is 24.9. The van der Waals surface area contributed by atoms with Gasteiger partial charge in [0.05, 0.1) is 26.5 Å². The van der Waals surface area contributed by atoms with E-state index in [9.17, 15) is 9.59 Å². The van der Waals surface area contributed by atoms with Crippen LogP contribution in [0.1, 0.15) is 40.7 Å². The molecule has 6 rings (SSSR count). The molecule has 2 fully saturated rings. The summed E-state index contributed by atoms with van der Waals surface area (Å²) in [5.41, 5.74) is 3.68. The molecule has 0 unspecified atom stereocenters. The number of anilines is 1. The van der Waals surface area contributed by atoms with E-state index in [0.29, 0.717) is 10.8 Å². The number of rotatable bonds is 5. The highest BCUT2D eigenvalue weighted by molar-refractivity contribution is 7.17. The van der Waals surface area contributed by atoms with Crippen molar-refractivity contribution >= 4 is 40.1 Å². The predicted octanol–water partition coefficient (Wildman–Crippen LogP) is 4.86. The quantitative estimate of drug-likeness (QED) is 0.397. The molecule has 4 heterocycles. The Kier molecular flexibility index (Phi) is 5.44. The number of hydrogen-bond acceptors (Lipinski definition) is 6. The number of aromatic nitrogens is 4. The number of nitrogens with one attached hydrogen (secondary N) is 1. The van der Waals surface area contributed by atoms with Gasteiger partial charge in [-0.05, 0) is 68.0 Å². The Morgan fingerprint density at radius 1 is 1.19 bits per heavy atom. The van der Waals surface area contributed by atoms with Crippen molar-refractivity contribution in [2.45, 2.75) is 32.2 Å². The summed E-state index contributed by atoms with van der Waals surface area (Å²) in [6.45, 7) is 7.09. The van der Waals surface area contributed by atoms with Gasteiger partial charge in [-0.1, -0.05) is 18.7 Å². The van der Waals surface area contributed by atoms with Crippen LogP contribution in [0.4, 0.5) is 5.95 Å². The second-order valence-electron chi connectivity index (χ2n) is 9.73. The molecule has 8 nitrogen and oxygen atoms in total. The maximum Gasteiger partial charge on any atom is 0.268 e. The van der Waals surface area contributed by atoms with Crippen LogP contribution in [0.2, 0.25) is 0 Å². The first-order valence-corrected chi connectivity index (χ1v) is 12.8. The summed E-state index contributed by atoms with van der Waals surface area (Å²) in [7, 11) is 0. The molecule has 2 amide bonds. The lowest BCUT2D eigenvalue weighted by molar-refractivity contribution is -0.125. The molecule has 2 aliphatic rings. The number of carbonyl (C=O) groups excluding carboxylic acids is 2. The summed E-state index contributed by atoms with van der Waals surface area (Å²) in [4.78, 5) is 42.0. The Labute approximate surface area is 212 Å². The van der Waals surface area contributed by atoms with Gasteiger partial charge < -0.3 is 9.47 Å². The van der Waals surface area contributed by atoms with Crippen LogP contribution in [0.15, 0.2) is 61.4 Å². The van der Waals surface area contributed by atoms with E-state index in [2.05, 4.69) is 26.4 Å². The van der Waals surface area contributed by atoms with E-state index in [-0.39, 0.29) is 23.3 Å². The topological polar surface area (TPSA) is 93.0 Å². The molecule has 182 valence electrons. The molecule has 0 bridgehead atoms. The van der Waals surface area contributed by atoms with E-state index in [4.69, 9.17) is 4.98 Å². The zero-order valence-corrected chi connectivity index (χ0v) is 20.8. The summed E-state index contributed by atoms with van der Waals surface area (Å²) in [6, 6.07) is 13.8. The van der Waals surface area contributed by atoms with E-state index < -0.39 is 0 Å². The highest BCUT2D eigenvalue weighted by Gasteiger charge is 2.50. The van der Waals surface area contributed by atoms with Crippen LogP contribution in [-0.2, 0) is 4.79 Å². The molecular formula is C27H26N6O2S. The number of fused-ring (bicyclic) bond motifs is 1. The Hall–Kier alpha value is -3.85. The Bertz CT molecular complexity index is 1500. The third-order valence-electron chi connectivity index (χ3n) is 7.33. The number of benzene rings is 1. The Morgan fingerprint density at radius 3 is 2.83 bits per heavy atom. The number of hydrogen-bond donors (Lipinski definition) is 1. The molecule has 1 N–H and O–H groups in total. The molecular weight excluding hydrogens is 472 g/mol. The average molecular weight is 499 g/mol. The van der Waals surface area contributed by atoms with Crippen molar-refractivity contribution < 1.29 is 9.59 Å². The SMILES string of the molecule is C=CC(=O)N1CCC2(CC(n3c(NC(=O)c4ccc(-c5cc(C)ncn5)s4)nc4ccccc43)C2)C1. The number of thiophene rings is 1. The van der Waals surface area contributed by atoms with Crippen molar-refractivity contribution in [2.24, 2.45) is 5.41 Å². The molecule has 4 aromatic rings. The first kappa shape index (κ1) is 22.6. The molecule has 1 aliphatic carbocycles. The number of amides is 2. The smallest absolute Gasteiger partial charge is 0.268 e. The van der Waals surface area contributed by atoms with Crippen LogP contribution < -0.4 is 5.32 Å². The molecule has 1 saturated carbocycles. The minimum absolute atomic E-state index is 0.00352. The molecule has 9 heteroatoms. The van der Waals surface area contributed by atoms with Gasteiger partial charge in [0.2, 0.25) is 11.9 Å². The molecule has 36 heavy (non-hydrogen) atoms. The van der Waals surface area contributed by atoms with Crippen LogP contribution in [0.25, 0.3) is 21.6 Å². The van der Waals surface area contributed by atoms with Gasteiger partial charge in [-0.2, -0.15) is 0 Å². The van der Waals surface area contributed by atoms with Crippen LogP contribution >= 0.6 is 11.3 Å². The van der Waals surface area contributed by atoms with Gasteiger partial charge in [0.25, 0.3) is 5.91 Å². The largest absolute Gasteiger partial charge is 0.339 e. The van der Waals surface area contributed by atoms with Crippen LogP contribution in [0, 0.1) is 12.3 Å². The van der Waals surface area contributed by atoms with Gasteiger partial charge >= 0.3 is 0 Å².